The van der Waals surface area contributed by atoms with Crippen LogP contribution in [-0.2, 0) is 9.53 Å². The molecule has 16 heavy (non-hydrogen) atoms. The van der Waals surface area contributed by atoms with Crippen LogP contribution in [-0.4, -0.2) is 19.7 Å². The Hall–Kier alpha value is -1.71. The number of ether oxygens (including phenoxy) is 2. The number of nitrogen functional groups attached to an aromatic ring is 1. The van der Waals surface area contributed by atoms with Crippen molar-refractivity contribution in [3.8, 4) is 5.75 Å². The molecule has 0 saturated heterocycles. The second-order valence-electron chi connectivity index (χ2n) is 2.74. The topological polar surface area (TPSA) is 61.5 Å². The zero-order chi connectivity index (χ0) is 12.4. The van der Waals surface area contributed by atoms with Crippen LogP contribution < -0.4 is 10.5 Å². The average molecular weight is 225 g/mol. The molecule has 0 atom stereocenters. The van der Waals surface area contributed by atoms with Crippen LogP contribution in [0.15, 0.2) is 24.3 Å². The van der Waals surface area contributed by atoms with Gasteiger partial charge in [-0.15, -0.1) is 0 Å². The van der Waals surface area contributed by atoms with E-state index in [1.165, 1.54) is 7.11 Å². The minimum Gasteiger partial charge on any atom is -0.493 e. The van der Waals surface area contributed by atoms with Gasteiger partial charge in [0.2, 0.25) is 0 Å². The largest absolute Gasteiger partial charge is 0.493 e. The normalized spacial score (nSPS) is 8.69. The Morgan fingerprint density at radius 2 is 1.81 bits per heavy atom. The second-order valence-corrected chi connectivity index (χ2v) is 2.74. The van der Waals surface area contributed by atoms with Crippen molar-refractivity contribution in [2.75, 3.05) is 19.5 Å². The maximum absolute atomic E-state index is 10.7. The second kappa shape index (κ2) is 8.59. The first kappa shape index (κ1) is 14.3. The molecule has 0 saturated carbocycles. The van der Waals surface area contributed by atoms with Crippen LogP contribution in [0.1, 0.15) is 20.3 Å². The van der Waals surface area contributed by atoms with E-state index >= 15 is 0 Å². The maximum Gasteiger partial charge on any atom is 0.308 e. The predicted molar refractivity (Wildman–Crippen MR) is 64.3 cm³/mol. The molecule has 0 unspecified atom stereocenters. The third kappa shape index (κ3) is 5.90. The Balaban J connectivity index is 0.00000106. The molecule has 0 aliphatic rings. The number of nitrogens with two attached hydrogens (primary N) is 1. The van der Waals surface area contributed by atoms with Gasteiger partial charge in [-0.2, -0.15) is 0 Å². The lowest BCUT2D eigenvalue weighted by atomic mass is 10.3. The summed E-state index contributed by atoms with van der Waals surface area (Å²) in [5.41, 5.74) is 6.18. The number of carbonyl (C=O) groups excluding carboxylic acids is 1. The number of esters is 1. The lowest BCUT2D eigenvalue weighted by Gasteiger charge is -2.04. The van der Waals surface area contributed by atoms with E-state index in [0.29, 0.717) is 18.0 Å². The molecule has 0 aliphatic carbocycles. The van der Waals surface area contributed by atoms with Crippen LogP contribution >= 0.6 is 0 Å². The summed E-state index contributed by atoms with van der Waals surface area (Å²) in [5.74, 6) is 0.420. The number of carbonyl (C=O) groups is 1. The van der Waals surface area contributed by atoms with Crippen LogP contribution in [0.3, 0.4) is 0 Å². The number of benzene rings is 1. The maximum atomic E-state index is 10.7. The SMILES string of the molecule is CC.COC(=O)CCOc1ccc(N)cc1. The minimum atomic E-state index is -0.277. The van der Waals surface area contributed by atoms with Crippen LogP contribution in [0, 0.1) is 0 Å². The van der Waals surface area contributed by atoms with Gasteiger partial charge in [-0.1, -0.05) is 13.8 Å². The van der Waals surface area contributed by atoms with E-state index in [0.717, 1.165) is 0 Å². The lowest BCUT2D eigenvalue weighted by Crippen LogP contribution is -2.07. The molecule has 0 amide bonds. The summed E-state index contributed by atoms with van der Waals surface area (Å²) in [6, 6.07) is 7.00. The Labute approximate surface area is 96.4 Å². The summed E-state index contributed by atoms with van der Waals surface area (Å²) in [4.78, 5) is 10.7. The standard InChI is InChI=1S/C10H13NO3.C2H6/c1-13-10(12)6-7-14-9-4-2-8(11)3-5-9;1-2/h2-5H,6-7,11H2,1H3;1-2H3. The first-order chi connectivity index (χ1) is 7.72. The van der Waals surface area contributed by atoms with E-state index in [4.69, 9.17) is 10.5 Å². The van der Waals surface area contributed by atoms with Crippen molar-refractivity contribution >= 4 is 11.7 Å². The summed E-state index contributed by atoms with van der Waals surface area (Å²) in [5, 5.41) is 0. The molecule has 0 radical (unpaired) electrons. The van der Waals surface area contributed by atoms with E-state index in [1.54, 1.807) is 24.3 Å². The van der Waals surface area contributed by atoms with Crippen molar-refractivity contribution in [3.05, 3.63) is 24.3 Å². The number of methoxy groups -OCH3 is 1. The highest BCUT2D eigenvalue weighted by Gasteiger charge is 2.00. The first-order valence-electron chi connectivity index (χ1n) is 5.27. The monoisotopic (exact) mass is 225 g/mol. The van der Waals surface area contributed by atoms with Crippen molar-refractivity contribution in [2.45, 2.75) is 20.3 Å². The Kier molecular flexibility index (Phi) is 7.67. The molecule has 4 nitrogen and oxygen atoms in total. The number of anilines is 1. The van der Waals surface area contributed by atoms with E-state index < -0.39 is 0 Å². The molecular weight excluding hydrogens is 206 g/mol. The highest BCUT2D eigenvalue weighted by molar-refractivity contribution is 5.69. The molecule has 0 fully saturated rings. The summed E-state index contributed by atoms with van der Waals surface area (Å²) in [7, 11) is 1.35. The fraction of sp³-hybridized carbons (Fsp3) is 0.417. The molecular formula is C12H19NO3. The lowest BCUT2D eigenvalue weighted by molar-refractivity contribution is -0.141. The number of hydrogen-bond acceptors (Lipinski definition) is 4. The third-order valence-corrected chi connectivity index (χ3v) is 1.68. The number of rotatable bonds is 4. The van der Waals surface area contributed by atoms with Crippen molar-refractivity contribution in [3.63, 3.8) is 0 Å². The number of hydrogen-bond donors (Lipinski definition) is 1. The smallest absolute Gasteiger partial charge is 0.308 e. The van der Waals surface area contributed by atoms with Gasteiger partial charge in [0.25, 0.3) is 0 Å². The first-order valence-corrected chi connectivity index (χ1v) is 5.27. The van der Waals surface area contributed by atoms with E-state index in [2.05, 4.69) is 4.74 Å². The third-order valence-electron chi connectivity index (χ3n) is 1.68. The van der Waals surface area contributed by atoms with Gasteiger partial charge in [-0.05, 0) is 24.3 Å². The Bertz CT molecular complexity index is 296. The quantitative estimate of drug-likeness (QED) is 0.630. The fourth-order valence-electron chi connectivity index (χ4n) is 0.918. The van der Waals surface area contributed by atoms with Gasteiger partial charge in [-0.3, -0.25) is 4.79 Å². The van der Waals surface area contributed by atoms with Crippen LogP contribution in [0.25, 0.3) is 0 Å². The van der Waals surface area contributed by atoms with Crippen LogP contribution in [0.4, 0.5) is 5.69 Å². The summed E-state index contributed by atoms with van der Waals surface area (Å²) < 4.78 is 9.75. The molecule has 1 aromatic rings. The van der Waals surface area contributed by atoms with E-state index in [9.17, 15) is 4.79 Å². The average Bonchev–Trinajstić information content (AvgIpc) is 2.34. The van der Waals surface area contributed by atoms with Crippen molar-refractivity contribution < 1.29 is 14.3 Å². The highest BCUT2D eigenvalue weighted by atomic mass is 16.5. The predicted octanol–water partition coefficient (Wildman–Crippen LogP) is 2.24. The van der Waals surface area contributed by atoms with E-state index in [1.807, 2.05) is 13.8 Å². The van der Waals surface area contributed by atoms with Gasteiger partial charge in [0.1, 0.15) is 5.75 Å². The molecule has 4 heteroatoms. The van der Waals surface area contributed by atoms with Gasteiger partial charge < -0.3 is 15.2 Å². The highest BCUT2D eigenvalue weighted by Crippen LogP contribution is 2.13. The fourth-order valence-corrected chi connectivity index (χ4v) is 0.918. The zero-order valence-electron chi connectivity index (χ0n) is 10.0. The van der Waals surface area contributed by atoms with Crippen molar-refractivity contribution in [1.82, 2.24) is 0 Å². The van der Waals surface area contributed by atoms with Gasteiger partial charge in [0, 0.05) is 5.69 Å². The van der Waals surface area contributed by atoms with Gasteiger partial charge in [-0.25, -0.2) is 0 Å². The van der Waals surface area contributed by atoms with E-state index in [-0.39, 0.29) is 12.4 Å². The molecule has 0 spiro atoms. The van der Waals surface area contributed by atoms with Gasteiger partial charge >= 0.3 is 5.97 Å². The molecule has 2 N–H and O–H groups in total. The summed E-state index contributed by atoms with van der Waals surface area (Å²) >= 11 is 0. The molecule has 1 rings (SSSR count). The molecule has 0 aromatic heterocycles. The minimum absolute atomic E-state index is 0.251. The summed E-state index contributed by atoms with van der Waals surface area (Å²) in [6.45, 7) is 4.32. The van der Waals surface area contributed by atoms with Crippen molar-refractivity contribution in [1.29, 1.82) is 0 Å². The summed E-state index contributed by atoms with van der Waals surface area (Å²) in [6.07, 6.45) is 0.251. The molecule has 1 aromatic carbocycles. The van der Waals surface area contributed by atoms with Gasteiger partial charge in [0.15, 0.2) is 0 Å². The van der Waals surface area contributed by atoms with Crippen molar-refractivity contribution in [2.24, 2.45) is 0 Å². The van der Waals surface area contributed by atoms with Crippen LogP contribution in [0.2, 0.25) is 0 Å². The molecule has 0 bridgehead atoms. The molecule has 90 valence electrons. The van der Waals surface area contributed by atoms with Crippen LogP contribution in [0.5, 0.6) is 5.75 Å². The Morgan fingerprint density at radius 1 is 1.25 bits per heavy atom. The van der Waals surface area contributed by atoms with Gasteiger partial charge in [0.05, 0.1) is 20.1 Å². The molecule has 0 aliphatic heterocycles. The zero-order valence-corrected chi connectivity index (χ0v) is 10.0. The Morgan fingerprint density at radius 3 is 2.31 bits per heavy atom. The molecule has 0 heterocycles.